The molecule has 0 bridgehead atoms. The topological polar surface area (TPSA) is 75.4 Å². The predicted molar refractivity (Wildman–Crippen MR) is 64.3 cm³/mol. The van der Waals surface area contributed by atoms with E-state index in [4.69, 9.17) is 5.73 Å². The van der Waals surface area contributed by atoms with Gasteiger partial charge in [0.15, 0.2) is 0 Å². The summed E-state index contributed by atoms with van der Waals surface area (Å²) in [5.74, 6) is -0.0895. The maximum atomic E-state index is 12.2. The number of amides is 3. The molecule has 5 heteroatoms. The smallest absolute Gasteiger partial charge is 0.325 e. The second-order valence-corrected chi connectivity index (χ2v) is 5.55. The van der Waals surface area contributed by atoms with Gasteiger partial charge in [-0.3, -0.25) is 9.69 Å². The summed E-state index contributed by atoms with van der Waals surface area (Å²) in [6, 6.07) is -0.248. The van der Waals surface area contributed by atoms with E-state index in [2.05, 4.69) is 5.32 Å². The van der Waals surface area contributed by atoms with Crippen molar-refractivity contribution in [2.24, 2.45) is 11.1 Å². The van der Waals surface area contributed by atoms with Gasteiger partial charge in [0.05, 0.1) is 0 Å². The Morgan fingerprint density at radius 2 is 2.06 bits per heavy atom. The first-order valence-corrected chi connectivity index (χ1v) is 6.30. The lowest BCUT2D eigenvalue weighted by Gasteiger charge is -2.22. The van der Waals surface area contributed by atoms with Crippen LogP contribution in [0.1, 0.15) is 39.5 Å². The minimum absolute atomic E-state index is 0.0895. The van der Waals surface area contributed by atoms with Crippen LogP contribution in [0.25, 0.3) is 0 Å². The first-order valence-electron chi connectivity index (χ1n) is 6.30. The van der Waals surface area contributed by atoms with Crippen LogP contribution in [0.4, 0.5) is 4.79 Å². The molecule has 1 heterocycles. The number of imide groups is 1. The van der Waals surface area contributed by atoms with Gasteiger partial charge in [-0.05, 0) is 44.6 Å². The number of rotatable bonds is 5. The Morgan fingerprint density at radius 1 is 1.41 bits per heavy atom. The molecule has 1 saturated carbocycles. The van der Waals surface area contributed by atoms with Gasteiger partial charge in [-0.15, -0.1) is 0 Å². The Bertz CT molecular complexity index is 352. The van der Waals surface area contributed by atoms with E-state index in [9.17, 15) is 9.59 Å². The molecule has 1 unspecified atom stereocenters. The van der Waals surface area contributed by atoms with E-state index in [0.717, 1.165) is 19.3 Å². The molecule has 96 valence electrons. The second kappa shape index (κ2) is 3.98. The van der Waals surface area contributed by atoms with Gasteiger partial charge >= 0.3 is 6.03 Å². The van der Waals surface area contributed by atoms with Crippen LogP contribution in [0, 0.1) is 5.41 Å². The molecule has 0 radical (unpaired) electrons. The van der Waals surface area contributed by atoms with Gasteiger partial charge in [0.2, 0.25) is 0 Å². The highest BCUT2D eigenvalue weighted by Crippen LogP contribution is 2.49. The molecule has 0 spiro atoms. The van der Waals surface area contributed by atoms with Crippen LogP contribution < -0.4 is 11.1 Å². The van der Waals surface area contributed by atoms with Crippen molar-refractivity contribution >= 4 is 11.9 Å². The van der Waals surface area contributed by atoms with Crippen LogP contribution in [-0.4, -0.2) is 35.5 Å². The van der Waals surface area contributed by atoms with Crippen molar-refractivity contribution in [1.82, 2.24) is 10.2 Å². The molecular weight excluding hydrogens is 218 g/mol. The fourth-order valence-corrected chi connectivity index (χ4v) is 2.44. The van der Waals surface area contributed by atoms with Crippen LogP contribution in [0.5, 0.6) is 0 Å². The third-order valence-corrected chi connectivity index (χ3v) is 4.18. The number of hydrogen-bond donors (Lipinski definition) is 2. The molecule has 3 amide bonds. The molecule has 2 fully saturated rings. The zero-order valence-corrected chi connectivity index (χ0v) is 10.6. The molecule has 17 heavy (non-hydrogen) atoms. The largest absolute Gasteiger partial charge is 0.330 e. The average molecular weight is 239 g/mol. The lowest BCUT2D eigenvalue weighted by molar-refractivity contribution is -0.131. The monoisotopic (exact) mass is 239 g/mol. The van der Waals surface area contributed by atoms with Crippen molar-refractivity contribution in [2.45, 2.75) is 45.1 Å². The van der Waals surface area contributed by atoms with Gasteiger partial charge in [0.25, 0.3) is 5.91 Å². The second-order valence-electron chi connectivity index (χ2n) is 5.55. The molecule has 0 aromatic carbocycles. The summed E-state index contributed by atoms with van der Waals surface area (Å²) in [7, 11) is 0. The normalized spacial score (nSPS) is 30.6. The fraction of sp³-hybridized carbons (Fsp3) is 0.833. The van der Waals surface area contributed by atoms with E-state index in [-0.39, 0.29) is 17.4 Å². The predicted octanol–water partition coefficient (Wildman–Crippen LogP) is 0.836. The third-order valence-electron chi connectivity index (χ3n) is 4.18. The van der Waals surface area contributed by atoms with E-state index in [1.807, 2.05) is 6.92 Å². The minimum Gasteiger partial charge on any atom is -0.330 e. The van der Waals surface area contributed by atoms with Crippen LogP contribution in [-0.2, 0) is 4.79 Å². The van der Waals surface area contributed by atoms with Crippen molar-refractivity contribution in [3.05, 3.63) is 0 Å². The maximum absolute atomic E-state index is 12.2. The molecule has 1 saturated heterocycles. The summed E-state index contributed by atoms with van der Waals surface area (Å²) in [5, 5.41) is 2.78. The number of carbonyl (C=O) groups is 2. The van der Waals surface area contributed by atoms with E-state index in [1.165, 1.54) is 4.90 Å². The molecule has 5 nitrogen and oxygen atoms in total. The van der Waals surface area contributed by atoms with Crippen LogP contribution in [0.3, 0.4) is 0 Å². The van der Waals surface area contributed by atoms with Crippen molar-refractivity contribution < 1.29 is 9.59 Å². The summed E-state index contributed by atoms with van der Waals surface area (Å²) in [4.78, 5) is 25.4. The van der Waals surface area contributed by atoms with E-state index in [1.54, 1.807) is 6.92 Å². The Balaban J connectivity index is 2.07. The van der Waals surface area contributed by atoms with Crippen molar-refractivity contribution in [3.63, 3.8) is 0 Å². The number of hydrogen-bond acceptors (Lipinski definition) is 3. The highest BCUT2D eigenvalue weighted by atomic mass is 16.2. The fourth-order valence-electron chi connectivity index (χ4n) is 2.44. The standard InChI is InChI=1S/C12H21N3O2/c1-3-11(2)9(16)15(10(17)14-11)8-12(4-5-12)6-7-13/h3-8,13H2,1-2H3,(H,14,17). The molecule has 0 aromatic rings. The zero-order chi connectivity index (χ0) is 12.7. The Kier molecular flexibility index (Phi) is 2.89. The summed E-state index contributed by atoms with van der Waals surface area (Å²) in [6.45, 7) is 4.85. The molecule has 1 aliphatic carbocycles. The minimum atomic E-state index is -0.712. The Hall–Kier alpha value is -1.10. The van der Waals surface area contributed by atoms with Crippen LogP contribution in [0.15, 0.2) is 0 Å². The average Bonchev–Trinajstić information content (AvgIpc) is 3.01. The summed E-state index contributed by atoms with van der Waals surface area (Å²) >= 11 is 0. The van der Waals surface area contributed by atoms with Crippen molar-refractivity contribution in [1.29, 1.82) is 0 Å². The lowest BCUT2D eigenvalue weighted by Crippen LogP contribution is -2.43. The summed E-state index contributed by atoms with van der Waals surface area (Å²) < 4.78 is 0. The number of carbonyl (C=O) groups excluding carboxylic acids is 2. The highest BCUT2D eigenvalue weighted by molar-refractivity contribution is 6.06. The Morgan fingerprint density at radius 3 is 2.47 bits per heavy atom. The van der Waals surface area contributed by atoms with Crippen molar-refractivity contribution in [3.8, 4) is 0 Å². The molecular formula is C12H21N3O2. The molecule has 0 aromatic heterocycles. The lowest BCUT2D eigenvalue weighted by atomic mass is 9.98. The first-order chi connectivity index (χ1) is 7.96. The molecule has 1 atom stereocenters. The maximum Gasteiger partial charge on any atom is 0.325 e. The van der Waals surface area contributed by atoms with Gasteiger partial charge in [0.1, 0.15) is 5.54 Å². The third kappa shape index (κ3) is 2.04. The first kappa shape index (κ1) is 12.4. The SMILES string of the molecule is CCC1(C)NC(=O)N(CC2(CCN)CC2)C1=O. The number of nitrogens with one attached hydrogen (secondary N) is 1. The van der Waals surface area contributed by atoms with Gasteiger partial charge in [-0.2, -0.15) is 0 Å². The molecule has 3 N–H and O–H groups in total. The number of nitrogens with zero attached hydrogens (tertiary/aromatic N) is 1. The number of nitrogens with two attached hydrogens (primary N) is 1. The van der Waals surface area contributed by atoms with Gasteiger partial charge in [-0.1, -0.05) is 6.92 Å². The van der Waals surface area contributed by atoms with E-state index >= 15 is 0 Å². The zero-order valence-electron chi connectivity index (χ0n) is 10.6. The Labute approximate surface area is 102 Å². The van der Waals surface area contributed by atoms with E-state index in [0.29, 0.717) is 19.5 Å². The van der Waals surface area contributed by atoms with Gasteiger partial charge < -0.3 is 11.1 Å². The molecule has 2 aliphatic rings. The van der Waals surface area contributed by atoms with Crippen LogP contribution in [0.2, 0.25) is 0 Å². The van der Waals surface area contributed by atoms with Gasteiger partial charge in [0, 0.05) is 6.54 Å². The van der Waals surface area contributed by atoms with Gasteiger partial charge in [-0.25, -0.2) is 4.79 Å². The summed E-state index contributed by atoms with van der Waals surface area (Å²) in [5.41, 5.74) is 4.97. The molecule has 2 rings (SSSR count). The summed E-state index contributed by atoms with van der Waals surface area (Å²) in [6.07, 6.45) is 3.67. The quantitative estimate of drug-likeness (QED) is 0.698. The van der Waals surface area contributed by atoms with Crippen LogP contribution >= 0.6 is 0 Å². The number of urea groups is 1. The van der Waals surface area contributed by atoms with E-state index < -0.39 is 5.54 Å². The van der Waals surface area contributed by atoms with Crippen molar-refractivity contribution in [2.75, 3.05) is 13.1 Å². The molecule has 1 aliphatic heterocycles. The highest BCUT2D eigenvalue weighted by Gasteiger charge is 2.52.